The van der Waals surface area contributed by atoms with E-state index in [2.05, 4.69) is 5.32 Å². The van der Waals surface area contributed by atoms with Crippen LogP contribution >= 0.6 is 11.6 Å². The van der Waals surface area contributed by atoms with Gasteiger partial charge in [0.1, 0.15) is 5.76 Å². The van der Waals surface area contributed by atoms with Gasteiger partial charge in [-0.2, -0.15) is 13.2 Å². The standard InChI is InChI=1S/C18H10ClF3N2O4/c19-14-9-11(4-5-13(14)18(20,21)22)23-17(25)16-7-6-15(28-16)10-2-1-3-12(8-10)24(26)27/h1-9H,(H,23,25). The minimum atomic E-state index is -4.60. The Morgan fingerprint density at radius 1 is 1.11 bits per heavy atom. The average Bonchev–Trinajstić information content (AvgIpc) is 3.11. The normalized spacial score (nSPS) is 11.3. The number of alkyl halides is 3. The van der Waals surface area contributed by atoms with E-state index >= 15 is 0 Å². The zero-order valence-corrected chi connectivity index (χ0v) is 14.5. The molecule has 1 amide bonds. The van der Waals surface area contributed by atoms with Gasteiger partial charge < -0.3 is 9.73 Å². The number of hydrogen-bond acceptors (Lipinski definition) is 4. The van der Waals surface area contributed by atoms with Crippen molar-refractivity contribution in [3.63, 3.8) is 0 Å². The minimum absolute atomic E-state index is 0.0521. The Morgan fingerprint density at radius 2 is 1.86 bits per heavy atom. The smallest absolute Gasteiger partial charge is 0.417 e. The molecule has 0 aliphatic carbocycles. The van der Waals surface area contributed by atoms with Crippen molar-refractivity contribution in [1.29, 1.82) is 0 Å². The lowest BCUT2D eigenvalue weighted by Gasteiger charge is -2.10. The molecular weight excluding hydrogens is 401 g/mol. The minimum Gasteiger partial charge on any atom is -0.451 e. The van der Waals surface area contributed by atoms with Gasteiger partial charge in [0.05, 0.1) is 15.5 Å². The third-order valence-corrected chi connectivity index (χ3v) is 4.02. The number of non-ortho nitro benzene ring substituents is 1. The highest BCUT2D eigenvalue weighted by atomic mass is 35.5. The summed E-state index contributed by atoms with van der Waals surface area (Å²) in [5, 5.41) is 12.7. The van der Waals surface area contributed by atoms with E-state index in [0.717, 1.165) is 18.2 Å². The Hall–Kier alpha value is -3.33. The molecule has 0 fully saturated rings. The number of nitrogens with one attached hydrogen (secondary N) is 1. The zero-order valence-electron chi connectivity index (χ0n) is 13.8. The van der Waals surface area contributed by atoms with Gasteiger partial charge in [-0.25, -0.2) is 0 Å². The maximum absolute atomic E-state index is 12.7. The lowest BCUT2D eigenvalue weighted by molar-refractivity contribution is -0.384. The van der Waals surface area contributed by atoms with Gasteiger partial charge in [-0.15, -0.1) is 0 Å². The fraction of sp³-hybridized carbons (Fsp3) is 0.0556. The van der Waals surface area contributed by atoms with E-state index in [0.29, 0.717) is 5.56 Å². The molecule has 1 heterocycles. The van der Waals surface area contributed by atoms with Gasteiger partial charge in [-0.05, 0) is 30.3 Å². The molecule has 3 rings (SSSR count). The van der Waals surface area contributed by atoms with E-state index in [1.165, 1.54) is 30.3 Å². The molecule has 0 radical (unpaired) electrons. The van der Waals surface area contributed by atoms with Crippen molar-refractivity contribution in [2.24, 2.45) is 0 Å². The maximum Gasteiger partial charge on any atom is 0.417 e. The number of carbonyl (C=O) groups is 1. The van der Waals surface area contributed by atoms with Crippen LogP contribution in [0.25, 0.3) is 11.3 Å². The Morgan fingerprint density at radius 3 is 2.50 bits per heavy atom. The molecule has 6 nitrogen and oxygen atoms in total. The summed E-state index contributed by atoms with van der Waals surface area (Å²) >= 11 is 5.62. The van der Waals surface area contributed by atoms with Gasteiger partial charge in [-0.1, -0.05) is 23.7 Å². The van der Waals surface area contributed by atoms with Crippen molar-refractivity contribution in [3.8, 4) is 11.3 Å². The molecule has 0 aliphatic rings. The average molecular weight is 411 g/mol. The lowest BCUT2D eigenvalue weighted by Crippen LogP contribution is -2.12. The second kappa shape index (κ2) is 7.35. The number of nitro groups is 1. The first-order valence-corrected chi connectivity index (χ1v) is 8.06. The molecule has 0 bridgehead atoms. The van der Waals surface area contributed by atoms with Crippen LogP contribution in [0.5, 0.6) is 0 Å². The molecule has 0 spiro atoms. The zero-order chi connectivity index (χ0) is 20.5. The number of anilines is 1. The van der Waals surface area contributed by atoms with E-state index in [4.69, 9.17) is 16.0 Å². The van der Waals surface area contributed by atoms with Crippen molar-refractivity contribution >= 4 is 28.9 Å². The van der Waals surface area contributed by atoms with Crippen molar-refractivity contribution in [3.05, 3.63) is 81.1 Å². The molecule has 0 unspecified atom stereocenters. The SMILES string of the molecule is O=C(Nc1ccc(C(F)(F)F)c(Cl)c1)c1ccc(-c2cccc([N+](=O)[O-])c2)o1. The van der Waals surface area contributed by atoms with Gasteiger partial charge in [0.25, 0.3) is 11.6 Å². The highest BCUT2D eigenvalue weighted by Crippen LogP contribution is 2.36. The number of hydrogen-bond donors (Lipinski definition) is 1. The first-order valence-electron chi connectivity index (χ1n) is 7.68. The Kier molecular flexibility index (Phi) is 5.10. The topological polar surface area (TPSA) is 85.4 Å². The van der Waals surface area contributed by atoms with E-state index in [1.807, 2.05) is 0 Å². The second-order valence-electron chi connectivity index (χ2n) is 5.62. The number of amides is 1. The second-order valence-corrected chi connectivity index (χ2v) is 6.03. The molecule has 2 aromatic carbocycles. The van der Waals surface area contributed by atoms with Crippen molar-refractivity contribution in [2.45, 2.75) is 6.18 Å². The molecule has 3 aromatic rings. The first kappa shape index (κ1) is 19.4. The maximum atomic E-state index is 12.7. The molecule has 0 saturated heterocycles. The van der Waals surface area contributed by atoms with Crippen molar-refractivity contribution in [2.75, 3.05) is 5.32 Å². The van der Waals surface area contributed by atoms with E-state index < -0.39 is 27.6 Å². The molecule has 0 saturated carbocycles. The molecule has 28 heavy (non-hydrogen) atoms. The predicted molar refractivity (Wildman–Crippen MR) is 95.2 cm³/mol. The van der Waals surface area contributed by atoms with Crippen LogP contribution in [-0.2, 0) is 6.18 Å². The first-order chi connectivity index (χ1) is 13.1. The van der Waals surface area contributed by atoms with Gasteiger partial charge in [0.15, 0.2) is 5.76 Å². The van der Waals surface area contributed by atoms with Crippen LogP contribution in [0.2, 0.25) is 5.02 Å². The van der Waals surface area contributed by atoms with Crippen LogP contribution in [0.4, 0.5) is 24.5 Å². The summed E-state index contributed by atoms with van der Waals surface area (Å²) in [5.41, 5.74) is -0.709. The molecule has 10 heteroatoms. The highest BCUT2D eigenvalue weighted by molar-refractivity contribution is 6.31. The van der Waals surface area contributed by atoms with Crippen molar-refractivity contribution in [1.82, 2.24) is 0 Å². The molecular formula is C18H10ClF3N2O4. The number of furan rings is 1. The van der Waals surface area contributed by atoms with E-state index in [1.54, 1.807) is 6.07 Å². The summed E-state index contributed by atoms with van der Waals surface area (Å²) in [4.78, 5) is 22.5. The van der Waals surface area contributed by atoms with E-state index in [-0.39, 0.29) is 22.9 Å². The number of benzene rings is 2. The summed E-state index contributed by atoms with van der Waals surface area (Å²) in [6.07, 6.45) is -4.60. The third-order valence-electron chi connectivity index (χ3n) is 3.70. The third kappa shape index (κ3) is 4.15. The Labute approximate surface area is 160 Å². The van der Waals surface area contributed by atoms with Crippen LogP contribution < -0.4 is 5.32 Å². The molecule has 1 N–H and O–H groups in total. The molecule has 1 aromatic heterocycles. The quantitative estimate of drug-likeness (QED) is 0.436. The summed E-state index contributed by atoms with van der Waals surface area (Å²) in [5.74, 6) is -0.621. The van der Waals surface area contributed by atoms with Crippen molar-refractivity contribution < 1.29 is 27.3 Å². The number of rotatable bonds is 4. The fourth-order valence-corrected chi connectivity index (χ4v) is 2.69. The molecule has 144 valence electrons. The lowest BCUT2D eigenvalue weighted by atomic mass is 10.1. The summed E-state index contributed by atoms with van der Waals surface area (Å²) in [7, 11) is 0. The molecule has 0 aliphatic heterocycles. The molecule has 0 atom stereocenters. The van der Waals surface area contributed by atoms with Gasteiger partial charge in [-0.3, -0.25) is 14.9 Å². The van der Waals surface area contributed by atoms with Crippen LogP contribution in [0.15, 0.2) is 59.0 Å². The Balaban J connectivity index is 1.79. The van der Waals surface area contributed by atoms with E-state index in [9.17, 15) is 28.1 Å². The van der Waals surface area contributed by atoms with Crippen LogP contribution in [0.1, 0.15) is 16.1 Å². The van der Waals surface area contributed by atoms with Crippen LogP contribution in [-0.4, -0.2) is 10.8 Å². The van der Waals surface area contributed by atoms with Gasteiger partial charge >= 0.3 is 6.18 Å². The predicted octanol–water partition coefficient (Wildman–Crippen LogP) is 5.78. The summed E-state index contributed by atoms with van der Waals surface area (Å²) < 4.78 is 43.6. The van der Waals surface area contributed by atoms with Gasteiger partial charge in [0, 0.05) is 23.4 Å². The summed E-state index contributed by atoms with van der Waals surface area (Å²) in [6, 6.07) is 11.2. The number of nitrogens with zero attached hydrogens (tertiary/aromatic N) is 1. The number of halogens is 4. The monoisotopic (exact) mass is 410 g/mol. The number of carbonyl (C=O) groups excluding carboxylic acids is 1. The van der Waals surface area contributed by atoms with Gasteiger partial charge in [0.2, 0.25) is 0 Å². The van der Waals surface area contributed by atoms with Crippen LogP contribution in [0.3, 0.4) is 0 Å². The number of nitro benzene ring substituents is 1. The fourth-order valence-electron chi connectivity index (χ4n) is 2.40. The van der Waals surface area contributed by atoms with Crippen LogP contribution in [0, 0.1) is 10.1 Å². The Bertz CT molecular complexity index is 1060. The largest absolute Gasteiger partial charge is 0.451 e. The summed E-state index contributed by atoms with van der Waals surface area (Å²) in [6.45, 7) is 0. The highest BCUT2D eigenvalue weighted by Gasteiger charge is 2.33.